The normalized spacial score (nSPS) is 22.9. The Labute approximate surface area is 204 Å². The molecular weight excluding hydrogens is 444 g/mol. The molecule has 1 N–H and O–H groups in total. The zero-order chi connectivity index (χ0) is 23.6. The molecule has 5 nitrogen and oxygen atoms in total. The maximum atomic E-state index is 12.9. The van der Waals surface area contributed by atoms with Crippen LogP contribution in [0.15, 0.2) is 42.1 Å². The molecule has 2 aliphatic heterocycles. The Kier molecular flexibility index (Phi) is 6.81. The third kappa shape index (κ3) is 4.80. The second-order valence-electron chi connectivity index (χ2n) is 10.3. The number of hydrogen-bond donors (Lipinski definition) is 1. The molecule has 1 saturated carbocycles. The Bertz CT molecular complexity index is 1120. The van der Waals surface area contributed by atoms with E-state index in [1.807, 2.05) is 0 Å². The molecule has 1 spiro atoms. The highest BCUT2D eigenvalue weighted by Gasteiger charge is 2.46. The molecule has 0 atom stereocenters. The molecule has 2 fully saturated rings. The molecule has 34 heavy (non-hydrogen) atoms. The number of sulfonamides is 1. The first-order valence-corrected chi connectivity index (χ1v) is 14.5. The van der Waals surface area contributed by atoms with Crippen LogP contribution in [0.3, 0.4) is 0 Å². The second kappa shape index (κ2) is 9.82. The van der Waals surface area contributed by atoms with E-state index >= 15 is 0 Å². The molecule has 0 aromatic heterocycles. The summed E-state index contributed by atoms with van der Waals surface area (Å²) in [5.74, 6) is 0.712. The van der Waals surface area contributed by atoms with Crippen molar-refractivity contribution >= 4 is 28.1 Å². The first kappa shape index (κ1) is 23.6. The van der Waals surface area contributed by atoms with E-state index in [2.05, 4.69) is 53.9 Å². The summed E-state index contributed by atoms with van der Waals surface area (Å²) in [4.78, 5) is 12.8. The van der Waals surface area contributed by atoms with E-state index < -0.39 is 15.4 Å². The number of carbonyl (C=O) groups is 1. The average molecular weight is 481 g/mol. The van der Waals surface area contributed by atoms with Crippen molar-refractivity contribution in [3.63, 3.8) is 0 Å². The summed E-state index contributed by atoms with van der Waals surface area (Å²) >= 11 is 0. The zero-order valence-corrected chi connectivity index (χ0v) is 20.8. The first-order valence-electron chi connectivity index (χ1n) is 12.9. The molecule has 0 bridgehead atoms. The van der Waals surface area contributed by atoms with Crippen LogP contribution in [0, 0.1) is 11.3 Å². The van der Waals surface area contributed by atoms with Crippen LogP contribution in [0.1, 0.15) is 74.5 Å². The Balaban J connectivity index is 1.12. The second-order valence-corrected chi connectivity index (χ2v) is 12.4. The highest BCUT2D eigenvalue weighted by molar-refractivity contribution is 7.89. The summed E-state index contributed by atoms with van der Waals surface area (Å²) in [6, 6.07) is 6.35. The van der Waals surface area contributed by atoms with Crippen molar-refractivity contribution in [1.82, 2.24) is 9.62 Å². The van der Waals surface area contributed by atoms with Gasteiger partial charge in [-0.3, -0.25) is 4.79 Å². The lowest BCUT2D eigenvalue weighted by Gasteiger charge is -2.35. The minimum absolute atomic E-state index is 0.0810. The van der Waals surface area contributed by atoms with Gasteiger partial charge in [-0.15, -0.1) is 0 Å². The standard InChI is InChI=1S/C28H36N2O3S/c31-27-28(21-26(29-27)24-10-3-1-4-11-24)16-18-30(19-17-28)34(32,33)20-6-2-5-9-22-12-7-13-23-14-8-15-25(22)23/h5,7-9,12-13,15,21,24H,1-4,6,10-11,14,16-20H2,(H,29,31)/b9-5+. The van der Waals surface area contributed by atoms with Crippen LogP contribution in [0.4, 0.5) is 0 Å². The molecule has 0 radical (unpaired) electrons. The predicted octanol–water partition coefficient (Wildman–Crippen LogP) is 5.06. The van der Waals surface area contributed by atoms with E-state index in [0.29, 0.717) is 38.3 Å². The SMILES string of the molecule is O=C1NC(C2CCCCC2)=CC12CCN(S(=O)(=O)CCC/C=C/c1cccc3c1C=CC3)CC2. The number of rotatable bonds is 7. The number of nitrogens with zero attached hydrogens (tertiary/aromatic N) is 1. The van der Waals surface area contributed by atoms with Crippen molar-refractivity contribution in [2.75, 3.05) is 18.8 Å². The molecule has 2 heterocycles. The molecule has 5 rings (SSSR count). The number of unbranched alkanes of at least 4 members (excludes halogenated alkanes) is 1. The van der Waals surface area contributed by atoms with E-state index in [0.717, 1.165) is 31.4 Å². The molecule has 0 unspecified atom stereocenters. The van der Waals surface area contributed by atoms with Crippen molar-refractivity contribution in [1.29, 1.82) is 0 Å². The van der Waals surface area contributed by atoms with Crippen molar-refractivity contribution in [3.05, 3.63) is 58.8 Å². The van der Waals surface area contributed by atoms with E-state index in [1.165, 1.54) is 36.0 Å². The summed E-state index contributed by atoms with van der Waals surface area (Å²) in [5, 5.41) is 3.16. The molecule has 182 valence electrons. The van der Waals surface area contributed by atoms with E-state index in [1.54, 1.807) is 4.31 Å². The Morgan fingerprint density at radius 1 is 1.12 bits per heavy atom. The van der Waals surface area contributed by atoms with Gasteiger partial charge in [0, 0.05) is 18.8 Å². The van der Waals surface area contributed by atoms with Crippen molar-refractivity contribution < 1.29 is 13.2 Å². The molecule has 1 saturated heterocycles. The summed E-state index contributed by atoms with van der Waals surface area (Å²) in [6.07, 6.45) is 20.3. The molecule has 1 aromatic carbocycles. The highest BCUT2D eigenvalue weighted by Crippen LogP contribution is 2.42. The smallest absolute Gasteiger partial charge is 0.234 e. The van der Waals surface area contributed by atoms with Crippen LogP contribution in [0.25, 0.3) is 12.2 Å². The van der Waals surface area contributed by atoms with Crippen molar-refractivity contribution in [2.24, 2.45) is 11.3 Å². The molecule has 2 aliphatic carbocycles. The molecule has 1 amide bonds. The van der Waals surface area contributed by atoms with Gasteiger partial charge in [0.15, 0.2) is 0 Å². The third-order valence-corrected chi connectivity index (χ3v) is 10.1. The lowest BCUT2D eigenvalue weighted by atomic mass is 9.78. The fraction of sp³-hybridized carbons (Fsp3) is 0.536. The number of fused-ring (bicyclic) bond motifs is 1. The van der Waals surface area contributed by atoms with Crippen LogP contribution in [-0.4, -0.2) is 37.5 Å². The van der Waals surface area contributed by atoms with Crippen LogP contribution < -0.4 is 5.32 Å². The third-order valence-electron chi connectivity index (χ3n) is 8.12. The van der Waals surface area contributed by atoms with Crippen molar-refractivity contribution in [3.8, 4) is 0 Å². The van der Waals surface area contributed by atoms with Gasteiger partial charge in [-0.05, 0) is 73.6 Å². The van der Waals surface area contributed by atoms with Crippen LogP contribution >= 0.6 is 0 Å². The number of allylic oxidation sites excluding steroid dienone is 3. The minimum atomic E-state index is -3.30. The number of amides is 1. The number of piperidine rings is 1. The Morgan fingerprint density at radius 3 is 2.71 bits per heavy atom. The topological polar surface area (TPSA) is 66.5 Å². The van der Waals surface area contributed by atoms with Gasteiger partial charge in [0.1, 0.15) is 0 Å². The number of benzene rings is 1. The van der Waals surface area contributed by atoms with Crippen LogP contribution in [0.5, 0.6) is 0 Å². The monoisotopic (exact) mass is 480 g/mol. The first-order chi connectivity index (χ1) is 16.5. The number of hydrogen-bond acceptors (Lipinski definition) is 3. The van der Waals surface area contributed by atoms with E-state index in [4.69, 9.17) is 0 Å². The van der Waals surface area contributed by atoms with E-state index in [-0.39, 0.29) is 11.7 Å². The summed E-state index contributed by atoms with van der Waals surface area (Å²) in [5.41, 5.74) is 4.43. The van der Waals surface area contributed by atoms with Gasteiger partial charge in [0.05, 0.1) is 11.2 Å². The molecule has 6 heteroatoms. The Morgan fingerprint density at radius 2 is 1.91 bits per heavy atom. The number of carbonyl (C=O) groups excluding carboxylic acids is 1. The van der Waals surface area contributed by atoms with Gasteiger partial charge in [-0.2, -0.15) is 0 Å². The Hall–Kier alpha value is -2.18. The predicted molar refractivity (Wildman–Crippen MR) is 137 cm³/mol. The van der Waals surface area contributed by atoms with Crippen molar-refractivity contribution in [2.45, 2.75) is 64.2 Å². The van der Waals surface area contributed by atoms with Crippen LogP contribution in [0.2, 0.25) is 0 Å². The van der Waals surface area contributed by atoms with Crippen LogP contribution in [-0.2, 0) is 21.2 Å². The fourth-order valence-corrected chi connectivity index (χ4v) is 7.54. The largest absolute Gasteiger partial charge is 0.329 e. The molecular formula is C28H36N2O3S. The van der Waals surface area contributed by atoms with Gasteiger partial charge >= 0.3 is 0 Å². The maximum absolute atomic E-state index is 12.9. The average Bonchev–Trinajstić information content (AvgIpc) is 3.45. The minimum Gasteiger partial charge on any atom is -0.329 e. The summed E-state index contributed by atoms with van der Waals surface area (Å²) < 4.78 is 27.5. The van der Waals surface area contributed by atoms with E-state index in [9.17, 15) is 13.2 Å². The summed E-state index contributed by atoms with van der Waals surface area (Å²) in [6.45, 7) is 0.866. The lowest BCUT2D eigenvalue weighted by Crippen LogP contribution is -2.46. The molecule has 4 aliphatic rings. The quantitative estimate of drug-likeness (QED) is 0.555. The maximum Gasteiger partial charge on any atom is 0.234 e. The van der Waals surface area contributed by atoms with Gasteiger partial charge in [0.2, 0.25) is 15.9 Å². The lowest BCUT2D eigenvalue weighted by molar-refractivity contribution is -0.128. The van der Waals surface area contributed by atoms with Gasteiger partial charge in [0.25, 0.3) is 0 Å². The number of nitrogens with one attached hydrogen (secondary N) is 1. The summed E-state index contributed by atoms with van der Waals surface area (Å²) in [7, 11) is -3.30. The van der Waals surface area contributed by atoms with Gasteiger partial charge in [-0.25, -0.2) is 12.7 Å². The molecule has 1 aromatic rings. The fourth-order valence-electron chi connectivity index (χ4n) is 6.01. The highest BCUT2D eigenvalue weighted by atomic mass is 32.2. The van der Waals surface area contributed by atoms with Gasteiger partial charge < -0.3 is 5.32 Å². The van der Waals surface area contributed by atoms with Gasteiger partial charge in [-0.1, -0.05) is 61.8 Å². The zero-order valence-electron chi connectivity index (χ0n) is 20.0.